The Morgan fingerprint density at radius 1 is 1.25 bits per heavy atom. The maximum atomic E-state index is 6.35. The first-order valence-corrected chi connectivity index (χ1v) is 8.15. The molecule has 0 spiro atoms. The van der Waals surface area contributed by atoms with Crippen molar-refractivity contribution in [2.24, 2.45) is 0 Å². The minimum absolute atomic E-state index is 0.343. The summed E-state index contributed by atoms with van der Waals surface area (Å²) < 4.78 is 0. The Kier molecular flexibility index (Phi) is 8.20. The molecule has 0 bridgehead atoms. The lowest BCUT2D eigenvalue weighted by molar-refractivity contribution is 0.237. The highest BCUT2D eigenvalue weighted by molar-refractivity contribution is 6.31. The molecule has 2 unspecified atom stereocenters. The van der Waals surface area contributed by atoms with E-state index < -0.39 is 0 Å². The molecule has 1 N–H and O–H groups in total. The molecular weight excluding hydrogens is 268 g/mol. The van der Waals surface area contributed by atoms with Gasteiger partial charge in [0, 0.05) is 17.1 Å². The molecule has 1 aromatic rings. The molecule has 0 aliphatic rings. The third-order valence-electron chi connectivity index (χ3n) is 4.04. The Balaban J connectivity index is 2.68. The highest BCUT2D eigenvalue weighted by atomic mass is 35.5. The minimum Gasteiger partial charge on any atom is -0.310 e. The van der Waals surface area contributed by atoms with E-state index in [4.69, 9.17) is 11.6 Å². The standard InChI is InChI=1S/C17H29ClN2/c1-5-12-19-17(11-13-20(4)14(3)6-2)15-9-7-8-10-16(15)18/h7-10,14,17,19H,5-6,11-13H2,1-4H3. The van der Waals surface area contributed by atoms with Gasteiger partial charge in [-0.2, -0.15) is 0 Å². The zero-order valence-electron chi connectivity index (χ0n) is 13.3. The second kappa shape index (κ2) is 9.38. The maximum Gasteiger partial charge on any atom is 0.0453 e. The highest BCUT2D eigenvalue weighted by Crippen LogP contribution is 2.25. The summed E-state index contributed by atoms with van der Waals surface area (Å²) in [7, 11) is 2.21. The van der Waals surface area contributed by atoms with Crippen LogP contribution in [0.3, 0.4) is 0 Å². The predicted molar refractivity (Wildman–Crippen MR) is 89.5 cm³/mol. The molecule has 20 heavy (non-hydrogen) atoms. The minimum atomic E-state index is 0.343. The molecule has 1 rings (SSSR count). The Morgan fingerprint density at radius 2 is 1.95 bits per heavy atom. The summed E-state index contributed by atoms with van der Waals surface area (Å²) in [6.07, 6.45) is 3.42. The molecule has 114 valence electrons. The van der Waals surface area contributed by atoms with Crippen molar-refractivity contribution in [3.8, 4) is 0 Å². The molecule has 2 nitrogen and oxygen atoms in total. The van der Waals surface area contributed by atoms with Crippen LogP contribution in [0.4, 0.5) is 0 Å². The molecule has 0 aromatic heterocycles. The van der Waals surface area contributed by atoms with Crippen LogP contribution in [0.1, 0.15) is 51.6 Å². The predicted octanol–water partition coefficient (Wildman–Crippen LogP) is 4.50. The zero-order chi connectivity index (χ0) is 15.0. The van der Waals surface area contributed by atoms with Gasteiger partial charge in [-0.1, -0.05) is 43.6 Å². The van der Waals surface area contributed by atoms with Gasteiger partial charge in [0.1, 0.15) is 0 Å². The van der Waals surface area contributed by atoms with Gasteiger partial charge < -0.3 is 10.2 Å². The summed E-state index contributed by atoms with van der Waals surface area (Å²) in [6.45, 7) is 8.83. The lowest BCUT2D eigenvalue weighted by Gasteiger charge is -2.27. The van der Waals surface area contributed by atoms with Crippen LogP contribution in [0, 0.1) is 0 Å². The van der Waals surface area contributed by atoms with Gasteiger partial charge in [0.15, 0.2) is 0 Å². The van der Waals surface area contributed by atoms with Gasteiger partial charge >= 0.3 is 0 Å². The summed E-state index contributed by atoms with van der Waals surface area (Å²) in [6, 6.07) is 9.16. The van der Waals surface area contributed by atoms with E-state index in [9.17, 15) is 0 Å². The van der Waals surface area contributed by atoms with E-state index in [1.807, 2.05) is 12.1 Å². The highest BCUT2D eigenvalue weighted by Gasteiger charge is 2.15. The van der Waals surface area contributed by atoms with Crippen molar-refractivity contribution in [3.05, 3.63) is 34.9 Å². The fraction of sp³-hybridized carbons (Fsp3) is 0.647. The van der Waals surface area contributed by atoms with E-state index in [1.54, 1.807) is 0 Å². The van der Waals surface area contributed by atoms with E-state index in [0.717, 1.165) is 31.0 Å². The first-order valence-electron chi connectivity index (χ1n) is 7.78. The SMILES string of the molecule is CCCNC(CCN(C)C(C)CC)c1ccccc1Cl. The summed E-state index contributed by atoms with van der Waals surface area (Å²) in [4.78, 5) is 2.43. The second-order valence-electron chi connectivity index (χ2n) is 5.55. The van der Waals surface area contributed by atoms with Crippen LogP contribution in [0.2, 0.25) is 5.02 Å². The van der Waals surface area contributed by atoms with Crippen molar-refractivity contribution in [1.29, 1.82) is 0 Å². The molecule has 0 radical (unpaired) electrons. The van der Waals surface area contributed by atoms with Gasteiger partial charge in [-0.25, -0.2) is 0 Å². The largest absolute Gasteiger partial charge is 0.310 e. The van der Waals surface area contributed by atoms with Gasteiger partial charge in [-0.05, 0) is 58.0 Å². The van der Waals surface area contributed by atoms with Crippen molar-refractivity contribution < 1.29 is 0 Å². The molecule has 0 saturated carbocycles. The summed E-state index contributed by atoms with van der Waals surface area (Å²) in [5.41, 5.74) is 1.22. The number of hydrogen-bond acceptors (Lipinski definition) is 2. The van der Waals surface area contributed by atoms with Crippen LogP contribution in [0.5, 0.6) is 0 Å². The zero-order valence-corrected chi connectivity index (χ0v) is 14.1. The van der Waals surface area contributed by atoms with Crippen LogP contribution in [0.25, 0.3) is 0 Å². The maximum absolute atomic E-state index is 6.35. The molecule has 0 amide bonds. The molecule has 0 fully saturated rings. The van der Waals surface area contributed by atoms with Crippen LogP contribution in [0.15, 0.2) is 24.3 Å². The molecule has 0 heterocycles. The fourth-order valence-corrected chi connectivity index (χ4v) is 2.58. The molecule has 2 atom stereocenters. The third kappa shape index (κ3) is 5.43. The molecular formula is C17H29ClN2. The Labute approximate surface area is 129 Å². The number of nitrogens with one attached hydrogen (secondary N) is 1. The average molecular weight is 297 g/mol. The first kappa shape index (κ1) is 17.5. The fourth-order valence-electron chi connectivity index (χ4n) is 2.31. The third-order valence-corrected chi connectivity index (χ3v) is 4.38. The summed E-state index contributed by atoms with van der Waals surface area (Å²) >= 11 is 6.35. The van der Waals surface area contributed by atoms with Crippen molar-refractivity contribution in [3.63, 3.8) is 0 Å². The Bertz CT molecular complexity index is 381. The summed E-state index contributed by atoms with van der Waals surface area (Å²) in [5, 5.41) is 4.50. The number of halogens is 1. The number of rotatable bonds is 9. The van der Waals surface area contributed by atoms with Gasteiger partial charge in [-0.3, -0.25) is 0 Å². The van der Waals surface area contributed by atoms with Crippen molar-refractivity contribution in [2.45, 2.75) is 52.1 Å². The normalized spacial score (nSPS) is 14.5. The number of benzene rings is 1. The average Bonchev–Trinajstić information content (AvgIpc) is 2.47. The quantitative estimate of drug-likeness (QED) is 0.722. The van der Waals surface area contributed by atoms with E-state index in [1.165, 1.54) is 12.0 Å². The molecule has 1 aromatic carbocycles. The topological polar surface area (TPSA) is 15.3 Å². The molecule has 0 saturated heterocycles. The monoisotopic (exact) mass is 296 g/mol. The van der Waals surface area contributed by atoms with Gasteiger partial charge in [0.2, 0.25) is 0 Å². The van der Waals surface area contributed by atoms with Gasteiger partial charge in [0.25, 0.3) is 0 Å². The number of nitrogens with zero attached hydrogens (tertiary/aromatic N) is 1. The molecule has 0 aliphatic heterocycles. The first-order chi connectivity index (χ1) is 9.60. The lowest BCUT2D eigenvalue weighted by atomic mass is 10.0. The number of hydrogen-bond donors (Lipinski definition) is 1. The van der Waals surface area contributed by atoms with Crippen LogP contribution < -0.4 is 5.32 Å². The van der Waals surface area contributed by atoms with E-state index in [2.05, 4.69) is 50.2 Å². The van der Waals surface area contributed by atoms with Crippen molar-refractivity contribution in [2.75, 3.05) is 20.1 Å². The molecule has 3 heteroatoms. The van der Waals surface area contributed by atoms with E-state index in [-0.39, 0.29) is 0 Å². The van der Waals surface area contributed by atoms with Gasteiger partial charge in [-0.15, -0.1) is 0 Å². The molecule has 0 aliphatic carbocycles. The van der Waals surface area contributed by atoms with E-state index >= 15 is 0 Å². The summed E-state index contributed by atoms with van der Waals surface area (Å²) in [5.74, 6) is 0. The second-order valence-corrected chi connectivity index (χ2v) is 5.96. The smallest absolute Gasteiger partial charge is 0.0453 e. The van der Waals surface area contributed by atoms with Crippen molar-refractivity contribution in [1.82, 2.24) is 10.2 Å². The van der Waals surface area contributed by atoms with Crippen LogP contribution in [-0.2, 0) is 0 Å². The van der Waals surface area contributed by atoms with Gasteiger partial charge in [0.05, 0.1) is 0 Å². The lowest BCUT2D eigenvalue weighted by Crippen LogP contribution is -2.32. The van der Waals surface area contributed by atoms with Crippen molar-refractivity contribution >= 4 is 11.6 Å². The van der Waals surface area contributed by atoms with E-state index in [0.29, 0.717) is 12.1 Å². The van der Waals surface area contributed by atoms with Crippen LogP contribution in [-0.4, -0.2) is 31.1 Å². The Hall–Kier alpha value is -0.570. The van der Waals surface area contributed by atoms with Crippen LogP contribution >= 0.6 is 11.6 Å². The Morgan fingerprint density at radius 3 is 2.55 bits per heavy atom.